The standard InChI is InChI=1S/C16H21N3OS/c17-14-10-6-2-5-9-13(14)16-18-15(19-20-16)11-21-12-7-3-1-4-8-12/h1,3-4,7-8,13-14H,2,5-6,9-11,17H2. The van der Waals surface area contributed by atoms with E-state index in [9.17, 15) is 0 Å². The largest absolute Gasteiger partial charge is 0.339 e. The SMILES string of the molecule is NC1CCCCCC1c1nc(CSc2ccccc2)no1. The number of nitrogens with two attached hydrogens (primary N) is 1. The van der Waals surface area contributed by atoms with E-state index in [2.05, 4.69) is 22.3 Å². The minimum atomic E-state index is 0.155. The Balaban J connectivity index is 1.62. The minimum Gasteiger partial charge on any atom is -0.339 e. The van der Waals surface area contributed by atoms with Gasteiger partial charge in [0, 0.05) is 10.9 Å². The monoisotopic (exact) mass is 303 g/mol. The van der Waals surface area contributed by atoms with Crippen molar-refractivity contribution in [3.8, 4) is 0 Å². The third kappa shape index (κ3) is 3.86. The fraction of sp³-hybridized carbons (Fsp3) is 0.500. The number of rotatable bonds is 4. The van der Waals surface area contributed by atoms with Crippen molar-refractivity contribution < 1.29 is 4.52 Å². The molecule has 1 aliphatic carbocycles. The highest BCUT2D eigenvalue weighted by molar-refractivity contribution is 7.98. The van der Waals surface area contributed by atoms with Crippen molar-refractivity contribution in [1.29, 1.82) is 0 Å². The molecule has 1 fully saturated rings. The van der Waals surface area contributed by atoms with Gasteiger partial charge in [0.05, 0.1) is 11.7 Å². The Morgan fingerprint density at radius 3 is 2.81 bits per heavy atom. The summed E-state index contributed by atoms with van der Waals surface area (Å²) in [6, 6.07) is 10.4. The second-order valence-corrected chi connectivity index (χ2v) is 6.61. The van der Waals surface area contributed by atoms with E-state index in [0.717, 1.165) is 30.3 Å². The van der Waals surface area contributed by atoms with Gasteiger partial charge < -0.3 is 10.3 Å². The van der Waals surface area contributed by atoms with Gasteiger partial charge in [-0.05, 0) is 25.0 Å². The zero-order chi connectivity index (χ0) is 14.5. The Morgan fingerprint density at radius 1 is 1.14 bits per heavy atom. The van der Waals surface area contributed by atoms with Gasteiger partial charge in [0.2, 0.25) is 5.89 Å². The molecule has 2 unspecified atom stereocenters. The van der Waals surface area contributed by atoms with Crippen molar-refractivity contribution >= 4 is 11.8 Å². The maximum absolute atomic E-state index is 6.25. The number of benzene rings is 1. The second-order valence-electron chi connectivity index (χ2n) is 5.56. The van der Waals surface area contributed by atoms with Gasteiger partial charge in [-0.1, -0.05) is 42.6 Å². The van der Waals surface area contributed by atoms with Crippen molar-refractivity contribution in [2.24, 2.45) is 5.73 Å². The van der Waals surface area contributed by atoms with Crippen LogP contribution in [0.3, 0.4) is 0 Å². The Bertz CT molecular complexity index is 558. The molecule has 4 nitrogen and oxygen atoms in total. The molecule has 0 radical (unpaired) electrons. The lowest BCUT2D eigenvalue weighted by Gasteiger charge is -2.16. The van der Waals surface area contributed by atoms with Crippen LogP contribution in [0.1, 0.15) is 49.7 Å². The van der Waals surface area contributed by atoms with Crippen LogP contribution in [0, 0.1) is 0 Å². The summed E-state index contributed by atoms with van der Waals surface area (Å²) in [6.07, 6.45) is 5.79. The van der Waals surface area contributed by atoms with Gasteiger partial charge in [0.1, 0.15) is 0 Å². The van der Waals surface area contributed by atoms with E-state index in [1.165, 1.54) is 24.2 Å². The molecule has 1 heterocycles. The zero-order valence-corrected chi connectivity index (χ0v) is 12.9. The molecule has 0 bridgehead atoms. The van der Waals surface area contributed by atoms with E-state index in [-0.39, 0.29) is 12.0 Å². The molecular weight excluding hydrogens is 282 g/mol. The number of aromatic nitrogens is 2. The van der Waals surface area contributed by atoms with Crippen molar-refractivity contribution in [3.63, 3.8) is 0 Å². The lowest BCUT2D eigenvalue weighted by molar-refractivity contribution is 0.324. The first-order valence-electron chi connectivity index (χ1n) is 7.59. The van der Waals surface area contributed by atoms with E-state index in [1.807, 2.05) is 18.2 Å². The average molecular weight is 303 g/mol. The van der Waals surface area contributed by atoms with Crippen LogP contribution in [0.25, 0.3) is 0 Å². The smallest absolute Gasteiger partial charge is 0.231 e. The van der Waals surface area contributed by atoms with Gasteiger partial charge in [-0.15, -0.1) is 11.8 Å². The summed E-state index contributed by atoms with van der Waals surface area (Å²) in [5.74, 6) is 2.45. The van der Waals surface area contributed by atoms with Gasteiger partial charge in [-0.25, -0.2) is 0 Å². The summed E-state index contributed by atoms with van der Waals surface area (Å²) >= 11 is 1.72. The van der Waals surface area contributed by atoms with Crippen LogP contribution in [0.2, 0.25) is 0 Å². The highest BCUT2D eigenvalue weighted by Crippen LogP contribution is 2.30. The first-order valence-corrected chi connectivity index (χ1v) is 8.57. The molecule has 2 N–H and O–H groups in total. The summed E-state index contributed by atoms with van der Waals surface area (Å²) in [6.45, 7) is 0. The summed E-state index contributed by atoms with van der Waals surface area (Å²) < 4.78 is 5.46. The summed E-state index contributed by atoms with van der Waals surface area (Å²) in [7, 11) is 0. The minimum absolute atomic E-state index is 0.155. The van der Waals surface area contributed by atoms with Gasteiger partial charge >= 0.3 is 0 Å². The third-order valence-electron chi connectivity index (χ3n) is 3.98. The van der Waals surface area contributed by atoms with Crippen LogP contribution >= 0.6 is 11.8 Å². The molecule has 2 atom stereocenters. The molecule has 5 heteroatoms. The van der Waals surface area contributed by atoms with Crippen molar-refractivity contribution in [2.45, 2.75) is 54.7 Å². The first kappa shape index (κ1) is 14.6. The quantitative estimate of drug-likeness (QED) is 0.688. The highest BCUT2D eigenvalue weighted by Gasteiger charge is 2.27. The van der Waals surface area contributed by atoms with E-state index < -0.39 is 0 Å². The van der Waals surface area contributed by atoms with Crippen molar-refractivity contribution in [2.75, 3.05) is 0 Å². The van der Waals surface area contributed by atoms with E-state index in [0.29, 0.717) is 0 Å². The van der Waals surface area contributed by atoms with Gasteiger partial charge in [-0.3, -0.25) is 0 Å². The molecular formula is C16H21N3OS. The molecule has 2 aromatic rings. The number of hydrogen-bond acceptors (Lipinski definition) is 5. The molecule has 1 saturated carbocycles. The van der Waals surface area contributed by atoms with Gasteiger partial charge in [0.15, 0.2) is 5.82 Å². The second kappa shape index (κ2) is 7.09. The molecule has 1 aromatic heterocycles. The van der Waals surface area contributed by atoms with E-state index >= 15 is 0 Å². The molecule has 0 saturated heterocycles. The van der Waals surface area contributed by atoms with Crippen LogP contribution in [0.4, 0.5) is 0 Å². The number of thioether (sulfide) groups is 1. The summed E-state index contributed by atoms with van der Waals surface area (Å²) in [5, 5.41) is 4.11. The fourth-order valence-electron chi connectivity index (χ4n) is 2.78. The Labute approximate surface area is 129 Å². The number of nitrogens with zero attached hydrogens (tertiary/aromatic N) is 2. The van der Waals surface area contributed by atoms with Gasteiger partial charge in [-0.2, -0.15) is 4.98 Å². The Kier molecular flexibility index (Phi) is 4.93. The van der Waals surface area contributed by atoms with E-state index in [4.69, 9.17) is 10.3 Å². The zero-order valence-electron chi connectivity index (χ0n) is 12.1. The van der Waals surface area contributed by atoms with Crippen LogP contribution in [0.5, 0.6) is 0 Å². The predicted octanol–water partition coefficient (Wildman–Crippen LogP) is 3.74. The summed E-state index contributed by atoms with van der Waals surface area (Å²) in [5.41, 5.74) is 6.25. The van der Waals surface area contributed by atoms with Crippen molar-refractivity contribution in [1.82, 2.24) is 10.1 Å². The van der Waals surface area contributed by atoms with E-state index in [1.54, 1.807) is 11.8 Å². The Morgan fingerprint density at radius 2 is 1.95 bits per heavy atom. The normalized spacial score (nSPS) is 22.9. The topological polar surface area (TPSA) is 64.9 Å². The molecule has 0 amide bonds. The molecule has 1 aromatic carbocycles. The number of hydrogen-bond donors (Lipinski definition) is 1. The predicted molar refractivity (Wildman–Crippen MR) is 84.1 cm³/mol. The fourth-order valence-corrected chi connectivity index (χ4v) is 3.55. The van der Waals surface area contributed by atoms with Crippen LogP contribution in [-0.2, 0) is 5.75 Å². The maximum atomic E-state index is 6.25. The molecule has 3 rings (SSSR count). The molecule has 1 aliphatic rings. The first-order chi connectivity index (χ1) is 10.3. The molecule has 0 aliphatic heterocycles. The third-order valence-corrected chi connectivity index (χ3v) is 4.99. The van der Waals surface area contributed by atoms with Crippen LogP contribution < -0.4 is 5.73 Å². The lowest BCUT2D eigenvalue weighted by Crippen LogP contribution is -2.27. The average Bonchev–Trinajstić information content (AvgIpc) is 2.88. The molecule has 0 spiro atoms. The highest BCUT2D eigenvalue weighted by atomic mass is 32.2. The molecule has 21 heavy (non-hydrogen) atoms. The van der Waals surface area contributed by atoms with Crippen LogP contribution in [0.15, 0.2) is 39.8 Å². The van der Waals surface area contributed by atoms with Crippen LogP contribution in [-0.4, -0.2) is 16.2 Å². The summed E-state index contributed by atoms with van der Waals surface area (Å²) in [4.78, 5) is 5.78. The Hall–Kier alpha value is -1.33. The molecule has 112 valence electrons. The van der Waals surface area contributed by atoms with Gasteiger partial charge in [0.25, 0.3) is 0 Å². The maximum Gasteiger partial charge on any atom is 0.231 e. The van der Waals surface area contributed by atoms with Crippen molar-refractivity contribution in [3.05, 3.63) is 42.0 Å². The lowest BCUT2D eigenvalue weighted by atomic mass is 9.95.